The first-order chi connectivity index (χ1) is 9.38. The lowest BCUT2D eigenvalue weighted by molar-refractivity contribution is -0.138. The predicted molar refractivity (Wildman–Crippen MR) is 78.4 cm³/mol. The van der Waals surface area contributed by atoms with E-state index in [0.29, 0.717) is 18.5 Å². The van der Waals surface area contributed by atoms with Crippen LogP contribution in [0.1, 0.15) is 46.5 Å². The maximum atomic E-state index is 12.1. The van der Waals surface area contributed by atoms with Crippen molar-refractivity contribution in [1.29, 1.82) is 0 Å². The Morgan fingerprint density at radius 2 is 2.10 bits per heavy atom. The third-order valence-electron chi connectivity index (χ3n) is 3.83. The van der Waals surface area contributed by atoms with Crippen LogP contribution in [0.15, 0.2) is 0 Å². The Kier molecular flexibility index (Phi) is 6.99. The van der Waals surface area contributed by atoms with Gasteiger partial charge in [0.2, 0.25) is 5.91 Å². The molecule has 0 aliphatic carbocycles. The van der Waals surface area contributed by atoms with Crippen LogP contribution >= 0.6 is 0 Å². The van der Waals surface area contributed by atoms with E-state index in [4.69, 9.17) is 5.11 Å². The van der Waals surface area contributed by atoms with E-state index in [1.807, 2.05) is 0 Å². The molecule has 0 saturated carbocycles. The normalized spacial score (nSPS) is 24.4. The van der Waals surface area contributed by atoms with E-state index >= 15 is 0 Å². The molecule has 5 nitrogen and oxygen atoms in total. The highest BCUT2D eigenvalue weighted by Gasteiger charge is 2.25. The molecular formula is C15H28N2O3. The zero-order chi connectivity index (χ0) is 15.1. The second-order valence-electron chi connectivity index (χ2n) is 6.42. The summed E-state index contributed by atoms with van der Waals surface area (Å²) >= 11 is 0. The molecule has 0 aromatic carbocycles. The lowest BCUT2D eigenvalue weighted by Crippen LogP contribution is -2.43. The van der Waals surface area contributed by atoms with E-state index in [9.17, 15) is 9.59 Å². The Morgan fingerprint density at radius 3 is 2.65 bits per heavy atom. The average molecular weight is 284 g/mol. The molecule has 0 aromatic heterocycles. The first kappa shape index (κ1) is 17.0. The standard InChI is InChI=1S/C15H28N2O3/c1-10(2)6-12(8-14(18)19)9-17-15(20)13-4-5-16-11(3)7-13/h10-13,16H,4-9H2,1-3H3,(H,17,20)(H,18,19)/t11?,12-,13?/m0/s1. The van der Waals surface area contributed by atoms with Gasteiger partial charge in [0.15, 0.2) is 0 Å². The smallest absolute Gasteiger partial charge is 0.303 e. The van der Waals surface area contributed by atoms with Gasteiger partial charge in [0.05, 0.1) is 0 Å². The molecule has 1 amide bonds. The molecule has 116 valence electrons. The van der Waals surface area contributed by atoms with Crippen LogP contribution in [0.4, 0.5) is 0 Å². The van der Waals surface area contributed by atoms with Crippen LogP contribution in [0.5, 0.6) is 0 Å². The van der Waals surface area contributed by atoms with E-state index in [1.54, 1.807) is 0 Å². The molecule has 1 rings (SSSR count). The molecule has 3 atom stereocenters. The van der Waals surface area contributed by atoms with Crippen molar-refractivity contribution < 1.29 is 14.7 Å². The Labute approximate surface area is 121 Å². The topological polar surface area (TPSA) is 78.4 Å². The van der Waals surface area contributed by atoms with Gasteiger partial charge in [0.25, 0.3) is 0 Å². The van der Waals surface area contributed by atoms with Gasteiger partial charge in [-0.2, -0.15) is 0 Å². The summed E-state index contributed by atoms with van der Waals surface area (Å²) < 4.78 is 0. The molecule has 1 heterocycles. The zero-order valence-corrected chi connectivity index (χ0v) is 12.8. The number of carbonyl (C=O) groups is 2. The summed E-state index contributed by atoms with van der Waals surface area (Å²) in [4.78, 5) is 23.0. The highest BCUT2D eigenvalue weighted by molar-refractivity contribution is 5.78. The molecule has 0 aromatic rings. The fourth-order valence-corrected chi connectivity index (χ4v) is 2.91. The Morgan fingerprint density at radius 1 is 1.40 bits per heavy atom. The highest BCUT2D eigenvalue weighted by Crippen LogP contribution is 2.18. The molecule has 1 aliphatic heterocycles. The van der Waals surface area contributed by atoms with Crippen LogP contribution in [0.25, 0.3) is 0 Å². The average Bonchev–Trinajstić information content (AvgIpc) is 2.34. The van der Waals surface area contributed by atoms with E-state index in [2.05, 4.69) is 31.4 Å². The van der Waals surface area contributed by atoms with E-state index < -0.39 is 5.97 Å². The fraction of sp³-hybridized carbons (Fsp3) is 0.867. The van der Waals surface area contributed by atoms with Gasteiger partial charge in [-0.3, -0.25) is 9.59 Å². The summed E-state index contributed by atoms with van der Waals surface area (Å²) in [5.41, 5.74) is 0. The summed E-state index contributed by atoms with van der Waals surface area (Å²) in [5.74, 6) is -0.181. The Hall–Kier alpha value is -1.10. The minimum absolute atomic E-state index is 0.0237. The number of carboxylic acids is 1. The molecule has 1 fully saturated rings. The van der Waals surface area contributed by atoms with Crippen molar-refractivity contribution in [3.05, 3.63) is 0 Å². The minimum Gasteiger partial charge on any atom is -0.481 e. The summed E-state index contributed by atoms with van der Waals surface area (Å²) in [5, 5.41) is 15.2. The number of carbonyl (C=O) groups excluding carboxylic acids is 1. The van der Waals surface area contributed by atoms with Crippen molar-refractivity contribution >= 4 is 11.9 Å². The van der Waals surface area contributed by atoms with Crippen LogP contribution in [0.2, 0.25) is 0 Å². The lowest BCUT2D eigenvalue weighted by atomic mass is 9.91. The van der Waals surface area contributed by atoms with Crippen molar-refractivity contribution in [1.82, 2.24) is 10.6 Å². The van der Waals surface area contributed by atoms with Crippen LogP contribution in [0, 0.1) is 17.8 Å². The van der Waals surface area contributed by atoms with E-state index in [0.717, 1.165) is 25.8 Å². The van der Waals surface area contributed by atoms with E-state index in [-0.39, 0.29) is 24.2 Å². The molecule has 2 unspecified atom stereocenters. The number of carboxylic acid groups (broad SMARTS) is 1. The Bertz CT molecular complexity index is 331. The maximum Gasteiger partial charge on any atom is 0.303 e. The molecule has 20 heavy (non-hydrogen) atoms. The molecule has 0 radical (unpaired) electrons. The number of amides is 1. The van der Waals surface area contributed by atoms with Gasteiger partial charge in [-0.05, 0) is 44.6 Å². The monoisotopic (exact) mass is 284 g/mol. The molecule has 0 bridgehead atoms. The Balaban J connectivity index is 2.40. The number of rotatable bonds is 7. The van der Waals surface area contributed by atoms with Crippen molar-refractivity contribution in [2.45, 2.75) is 52.5 Å². The van der Waals surface area contributed by atoms with Gasteiger partial charge >= 0.3 is 5.97 Å². The SMILES string of the molecule is CC(C)C[C@H](CNC(=O)C1CCNC(C)C1)CC(=O)O. The summed E-state index contributed by atoms with van der Waals surface area (Å²) in [7, 11) is 0. The maximum absolute atomic E-state index is 12.1. The zero-order valence-electron chi connectivity index (χ0n) is 12.8. The summed E-state index contributed by atoms with van der Waals surface area (Å²) in [6.45, 7) is 7.59. The van der Waals surface area contributed by atoms with Gasteiger partial charge in [-0.1, -0.05) is 13.8 Å². The summed E-state index contributed by atoms with van der Waals surface area (Å²) in [6.07, 6.45) is 2.68. The minimum atomic E-state index is -0.791. The van der Waals surface area contributed by atoms with Crippen molar-refractivity contribution in [2.75, 3.05) is 13.1 Å². The number of hydrogen-bond acceptors (Lipinski definition) is 3. The second-order valence-corrected chi connectivity index (χ2v) is 6.42. The third-order valence-corrected chi connectivity index (χ3v) is 3.83. The predicted octanol–water partition coefficient (Wildman–Crippen LogP) is 1.63. The van der Waals surface area contributed by atoms with Gasteiger partial charge in [0, 0.05) is 24.9 Å². The highest BCUT2D eigenvalue weighted by atomic mass is 16.4. The molecule has 5 heteroatoms. The van der Waals surface area contributed by atoms with Crippen molar-refractivity contribution in [3.8, 4) is 0 Å². The van der Waals surface area contributed by atoms with Crippen LogP contribution < -0.4 is 10.6 Å². The molecule has 0 spiro atoms. The van der Waals surface area contributed by atoms with Gasteiger partial charge in [-0.25, -0.2) is 0 Å². The van der Waals surface area contributed by atoms with Crippen LogP contribution in [0.3, 0.4) is 0 Å². The van der Waals surface area contributed by atoms with Crippen molar-refractivity contribution in [3.63, 3.8) is 0 Å². The summed E-state index contributed by atoms with van der Waals surface area (Å²) in [6, 6.07) is 0.380. The van der Waals surface area contributed by atoms with Gasteiger partial charge < -0.3 is 15.7 Å². The van der Waals surface area contributed by atoms with E-state index in [1.165, 1.54) is 0 Å². The van der Waals surface area contributed by atoms with Crippen molar-refractivity contribution in [2.24, 2.45) is 17.8 Å². The van der Waals surface area contributed by atoms with Gasteiger partial charge in [0.1, 0.15) is 0 Å². The first-order valence-electron chi connectivity index (χ1n) is 7.61. The number of nitrogens with one attached hydrogen (secondary N) is 2. The molecular weight excluding hydrogens is 256 g/mol. The first-order valence-corrected chi connectivity index (χ1v) is 7.61. The molecule has 1 saturated heterocycles. The largest absolute Gasteiger partial charge is 0.481 e. The quantitative estimate of drug-likeness (QED) is 0.664. The molecule has 1 aliphatic rings. The second kappa shape index (κ2) is 8.25. The van der Waals surface area contributed by atoms with Gasteiger partial charge in [-0.15, -0.1) is 0 Å². The lowest BCUT2D eigenvalue weighted by Gasteiger charge is -2.28. The number of aliphatic carboxylic acids is 1. The van der Waals surface area contributed by atoms with Crippen LogP contribution in [-0.4, -0.2) is 36.1 Å². The van der Waals surface area contributed by atoms with Crippen LogP contribution in [-0.2, 0) is 9.59 Å². The number of piperidine rings is 1. The third kappa shape index (κ3) is 6.37. The molecule has 3 N–H and O–H groups in total. The fourth-order valence-electron chi connectivity index (χ4n) is 2.91. The number of hydrogen-bond donors (Lipinski definition) is 3.